The van der Waals surface area contributed by atoms with E-state index in [-0.39, 0.29) is 5.69 Å². The smallest absolute Gasteiger partial charge is 0.412 e. The van der Waals surface area contributed by atoms with Gasteiger partial charge in [0.15, 0.2) is 0 Å². The zero-order chi connectivity index (χ0) is 21.9. The molecule has 30 heavy (non-hydrogen) atoms. The quantitative estimate of drug-likeness (QED) is 0.405. The lowest BCUT2D eigenvalue weighted by Gasteiger charge is -2.20. The average Bonchev–Trinajstić information content (AvgIpc) is 2.67. The Morgan fingerprint density at radius 1 is 1.03 bits per heavy atom. The minimum absolute atomic E-state index is 0.0111. The summed E-state index contributed by atoms with van der Waals surface area (Å²) in [7, 11) is 1.47. The normalized spacial score (nSPS) is 11.1. The molecule has 1 amide bonds. The lowest BCUT2D eigenvalue weighted by Crippen LogP contribution is -2.27. The van der Waals surface area contributed by atoms with Crippen molar-refractivity contribution in [3.05, 3.63) is 64.7 Å². The summed E-state index contributed by atoms with van der Waals surface area (Å²) in [6, 6.07) is 15.6. The summed E-state index contributed by atoms with van der Waals surface area (Å²) >= 11 is 0. The van der Waals surface area contributed by atoms with E-state index in [0.29, 0.717) is 28.2 Å². The highest BCUT2D eigenvalue weighted by Gasteiger charge is 2.20. The molecule has 2 N–H and O–H groups in total. The highest BCUT2D eigenvalue weighted by atomic mass is 16.6. The Balaban J connectivity index is 1.90. The summed E-state index contributed by atoms with van der Waals surface area (Å²) < 4.78 is 10.6. The Labute approximate surface area is 174 Å². The molecule has 8 heteroatoms. The standard InChI is InChI=1S/C22H23N3O5/c1-22(2,3)30-21(26)24-17-12-10-15(13-19(17)29-4)23-18-11-9-14-7-5-6-8-16(14)20(18)25(27)28/h5-13,23H,1-4H3,(H,24,26). The van der Waals surface area contributed by atoms with E-state index < -0.39 is 16.6 Å². The minimum atomic E-state index is -0.631. The van der Waals surface area contributed by atoms with Crippen LogP contribution in [0, 0.1) is 10.1 Å². The predicted molar refractivity (Wildman–Crippen MR) is 117 cm³/mol. The number of rotatable bonds is 5. The lowest BCUT2D eigenvalue weighted by molar-refractivity contribution is -0.382. The summed E-state index contributed by atoms with van der Waals surface area (Å²) in [5.74, 6) is 0.384. The molecule has 0 aliphatic rings. The largest absolute Gasteiger partial charge is 0.494 e. The van der Waals surface area contributed by atoms with Gasteiger partial charge < -0.3 is 14.8 Å². The Bertz CT molecular complexity index is 1110. The summed E-state index contributed by atoms with van der Waals surface area (Å²) in [4.78, 5) is 23.4. The fraction of sp³-hybridized carbons (Fsp3) is 0.227. The number of methoxy groups -OCH3 is 1. The third-order valence-electron chi connectivity index (χ3n) is 4.20. The first kappa shape index (κ1) is 20.9. The number of hydrogen-bond acceptors (Lipinski definition) is 6. The van der Waals surface area contributed by atoms with Gasteiger partial charge in [0.1, 0.15) is 17.0 Å². The maximum Gasteiger partial charge on any atom is 0.412 e. The van der Waals surface area contributed by atoms with Crippen molar-refractivity contribution in [2.24, 2.45) is 0 Å². The van der Waals surface area contributed by atoms with Crippen LogP contribution in [0.3, 0.4) is 0 Å². The van der Waals surface area contributed by atoms with E-state index in [1.54, 1.807) is 57.2 Å². The minimum Gasteiger partial charge on any atom is -0.494 e. The molecule has 0 fully saturated rings. The highest BCUT2D eigenvalue weighted by molar-refractivity contribution is 5.97. The maximum atomic E-state index is 12.0. The van der Waals surface area contributed by atoms with Gasteiger partial charge in [-0.25, -0.2) is 4.79 Å². The van der Waals surface area contributed by atoms with Crippen LogP contribution >= 0.6 is 0 Å². The van der Waals surface area contributed by atoms with Crippen LogP contribution in [0.5, 0.6) is 5.75 Å². The van der Waals surface area contributed by atoms with Gasteiger partial charge in [-0.05, 0) is 50.4 Å². The number of benzene rings is 3. The van der Waals surface area contributed by atoms with Gasteiger partial charge in [0.2, 0.25) is 0 Å². The van der Waals surface area contributed by atoms with Crippen LogP contribution in [0.25, 0.3) is 10.8 Å². The molecular weight excluding hydrogens is 386 g/mol. The van der Waals surface area contributed by atoms with E-state index in [9.17, 15) is 14.9 Å². The van der Waals surface area contributed by atoms with Crippen LogP contribution in [0.2, 0.25) is 0 Å². The molecule has 0 saturated heterocycles. The molecule has 0 aliphatic carbocycles. The molecule has 0 aliphatic heterocycles. The number of nitrogens with zero attached hydrogens (tertiary/aromatic N) is 1. The number of nitro groups is 1. The van der Waals surface area contributed by atoms with Gasteiger partial charge in [-0.3, -0.25) is 15.4 Å². The average molecular weight is 409 g/mol. The summed E-state index contributed by atoms with van der Waals surface area (Å²) in [5.41, 5.74) is 0.704. The SMILES string of the molecule is COc1cc(Nc2ccc3ccccc3c2[N+](=O)[O-])ccc1NC(=O)OC(C)(C)C. The predicted octanol–water partition coefficient (Wildman–Crippen LogP) is 5.85. The third-order valence-corrected chi connectivity index (χ3v) is 4.20. The van der Waals surface area contributed by atoms with Crippen molar-refractivity contribution in [2.45, 2.75) is 26.4 Å². The second kappa shape index (κ2) is 8.28. The van der Waals surface area contributed by atoms with Crippen LogP contribution < -0.4 is 15.4 Å². The van der Waals surface area contributed by atoms with Gasteiger partial charge >= 0.3 is 6.09 Å². The van der Waals surface area contributed by atoms with Crippen LogP contribution in [-0.4, -0.2) is 23.7 Å². The van der Waals surface area contributed by atoms with Crippen molar-refractivity contribution in [1.29, 1.82) is 0 Å². The first-order valence-electron chi connectivity index (χ1n) is 9.29. The van der Waals surface area contributed by atoms with E-state index in [0.717, 1.165) is 5.39 Å². The monoisotopic (exact) mass is 409 g/mol. The van der Waals surface area contributed by atoms with Crippen LogP contribution in [0.1, 0.15) is 20.8 Å². The van der Waals surface area contributed by atoms with Gasteiger partial charge in [-0.2, -0.15) is 0 Å². The van der Waals surface area contributed by atoms with Crippen molar-refractivity contribution in [1.82, 2.24) is 0 Å². The van der Waals surface area contributed by atoms with Gasteiger partial charge in [0.25, 0.3) is 5.69 Å². The van der Waals surface area contributed by atoms with E-state index in [4.69, 9.17) is 9.47 Å². The number of hydrogen-bond donors (Lipinski definition) is 2. The molecule has 3 aromatic carbocycles. The zero-order valence-electron chi connectivity index (χ0n) is 17.2. The molecule has 0 saturated carbocycles. The van der Waals surface area contributed by atoms with E-state index in [1.807, 2.05) is 18.2 Å². The second-order valence-electron chi connectivity index (χ2n) is 7.61. The number of anilines is 3. The number of ether oxygens (including phenoxy) is 2. The van der Waals surface area contributed by atoms with E-state index in [2.05, 4.69) is 10.6 Å². The Morgan fingerprint density at radius 3 is 2.40 bits per heavy atom. The molecule has 0 unspecified atom stereocenters. The molecule has 3 aromatic rings. The van der Waals surface area contributed by atoms with Gasteiger partial charge in [0, 0.05) is 11.8 Å². The van der Waals surface area contributed by atoms with Gasteiger partial charge in [0.05, 0.1) is 23.1 Å². The first-order chi connectivity index (χ1) is 14.2. The van der Waals surface area contributed by atoms with Crippen molar-refractivity contribution in [2.75, 3.05) is 17.7 Å². The second-order valence-corrected chi connectivity index (χ2v) is 7.61. The number of nitro benzene ring substituents is 1. The molecular formula is C22H23N3O5. The fourth-order valence-electron chi connectivity index (χ4n) is 2.99. The Morgan fingerprint density at radius 2 is 1.73 bits per heavy atom. The summed E-state index contributed by atoms with van der Waals surface area (Å²) in [5, 5.41) is 18.8. The van der Waals surface area contributed by atoms with Crippen LogP contribution in [-0.2, 0) is 4.74 Å². The van der Waals surface area contributed by atoms with Crippen molar-refractivity contribution < 1.29 is 19.2 Å². The number of nitrogens with one attached hydrogen (secondary N) is 2. The van der Waals surface area contributed by atoms with Crippen molar-refractivity contribution in [3.63, 3.8) is 0 Å². The number of carbonyl (C=O) groups is 1. The number of fused-ring (bicyclic) bond motifs is 1. The molecule has 0 radical (unpaired) electrons. The van der Waals surface area contributed by atoms with E-state index in [1.165, 1.54) is 7.11 Å². The molecule has 156 valence electrons. The van der Waals surface area contributed by atoms with Crippen LogP contribution in [0.4, 0.5) is 27.5 Å². The lowest BCUT2D eigenvalue weighted by atomic mass is 10.1. The number of carbonyl (C=O) groups excluding carboxylic acids is 1. The molecule has 0 atom stereocenters. The molecule has 0 heterocycles. The third kappa shape index (κ3) is 4.78. The summed E-state index contributed by atoms with van der Waals surface area (Å²) in [6.07, 6.45) is -0.605. The van der Waals surface area contributed by atoms with Crippen molar-refractivity contribution in [3.8, 4) is 5.75 Å². The van der Waals surface area contributed by atoms with Crippen molar-refractivity contribution >= 4 is 39.6 Å². The summed E-state index contributed by atoms with van der Waals surface area (Å²) in [6.45, 7) is 5.31. The Kier molecular flexibility index (Phi) is 5.77. The molecule has 8 nitrogen and oxygen atoms in total. The highest BCUT2D eigenvalue weighted by Crippen LogP contribution is 2.37. The Hall–Kier alpha value is -3.81. The topological polar surface area (TPSA) is 103 Å². The molecule has 0 aromatic heterocycles. The molecule has 0 bridgehead atoms. The zero-order valence-corrected chi connectivity index (χ0v) is 17.2. The van der Waals surface area contributed by atoms with Gasteiger partial charge in [-0.15, -0.1) is 0 Å². The maximum absolute atomic E-state index is 12.0. The first-order valence-corrected chi connectivity index (χ1v) is 9.29. The fourth-order valence-corrected chi connectivity index (χ4v) is 2.99. The number of amides is 1. The van der Waals surface area contributed by atoms with E-state index >= 15 is 0 Å². The molecule has 3 rings (SSSR count). The van der Waals surface area contributed by atoms with Crippen LogP contribution in [0.15, 0.2) is 54.6 Å². The molecule has 0 spiro atoms. The van der Waals surface area contributed by atoms with Gasteiger partial charge in [-0.1, -0.05) is 24.3 Å².